The van der Waals surface area contributed by atoms with Crippen molar-refractivity contribution in [2.45, 2.75) is 62.4 Å². The average molecular weight is 565 g/mol. The Morgan fingerprint density at radius 2 is 1.75 bits per heavy atom. The monoisotopic (exact) mass is 563 g/mol. The molecule has 200 valence electrons. The first-order valence-corrected chi connectivity index (χ1v) is 12.3. The molecule has 0 saturated heterocycles. The first kappa shape index (κ1) is 31.5. The van der Waals surface area contributed by atoms with Crippen LogP contribution in [0.4, 0.5) is 10.5 Å². The van der Waals surface area contributed by atoms with Crippen molar-refractivity contribution in [2.24, 2.45) is 5.92 Å². The number of alkyl halides is 3. The van der Waals surface area contributed by atoms with Gasteiger partial charge in [0.1, 0.15) is 18.2 Å². The second kappa shape index (κ2) is 14.3. The summed E-state index contributed by atoms with van der Waals surface area (Å²) in [6, 6.07) is 6.11. The zero-order chi connectivity index (χ0) is 27.5. The predicted molar refractivity (Wildman–Crippen MR) is 141 cm³/mol. The quantitative estimate of drug-likeness (QED) is 0.282. The topological polar surface area (TPSA) is 134 Å². The molecule has 2 atom stereocenters. The number of hydrogen-bond acceptors (Lipinski definition) is 5. The molecule has 12 heteroatoms. The van der Waals surface area contributed by atoms with Crippen LogP contribution >= 0.6 is 34.8 Å². The Labute approximate surface area is 225 Å². The van der Waals surface area contributed by atoms with Crippen molar-refractivity contribution < 1.29 is 29.0 Å². The maximum atomic E-state index is 12.6. The van der Waals surface area contributed by atoms with Crippen molar-refractivity contribution in [3.63, 3.8) is 0 Å². The molecule has 4 N–H and O–H groups in total. The predicted octanol–water partition coefficient (Wildman–Crippen LogP) is 4.91. The summed E-state index contributed by atoms with van der Waals surface area (Å²) in [7, 11) is 0. The lowest BCUT2D eigenvalue weighted by Crippen LogP contribution is -2.46. The number of carbonyl (C=O) groups is 4. The molecule has 0 heterocycles. The van der Waals surface area contributed by atoms with Gasteiger partial charge >= 0.3 is 12.1 Å². The SMILES string of the molecule is CC(NC(=O)CNC(=O)OC(C)(C)C)C(=O)Nc1ccccc1/C=C/CCC(CC(Cl)(Cl)Cl)C(=O)O. The number of rotatable bonds is 11. The molecule has 0 aliphatic heterocycles. The van der Waals surface area contributed by atoms with Gasteiger partial charge < -0.3 is 25.8 Å². The van der Waals surface area contributed by atoms with E-state index in [-0.39, 0.29) is 19.4 Å². The van der Waals surface area contributed by atoms with E-state index >= 15 is 0 Å². The Morgan fingerprint density at radius 3 is 2.33 bits per heavy atom. The number of nitrogens with one attached hydrogen (secondary N) is 3. The Morgan fingerprint density at radius 1 is 1.11 bits per heavy atom. The summed E-state index contributed by atoms with van der Waals surface area (Å²) in [5.74, 6) is -2.87. The highest BCUT2D eigenvalue weighted by atomic mass is 35.6. The lowest BCUT2D eigenvalue weighted by Gasteiger charge is -2.20. The number of carboxylic acids is 1. The van der Waals surface area contributed by atoms with Crippen LogP contribution in [-0.4, -0.2) is 51.0 Å². The molecule has 0 aliphatic carbocycles. The minimum atomic E-state index is -1.65. The van der Waals surface area contributed by atoms with Crippen molar-refractivity contribution >= 4 is 70.4 Å². The smallest absolute Gasteiger partial charge is 0.408 e. The number of carboxylic acid groups (broad SMARTS) is 1. The van der Waals surface area contributed by atoms with Crippen molar-refractivity contribution in [3.05, 3.63) is 35.9 Å². The summed E-state index contributed by atoms with van der Waals surface area (Å²) in [6.45, 7) is 6.26. The summed E-state index contributed by atoms with van der Waals surface area (Å²) < 4.78 is 3.41. The zero-order valence-electron chi connectivity index (χ0n) is 20.6. The van der Waals surface area contributed by atoms with Gasteiger partial charge in [0.25, 0.3) is 0 Å². The average Bonchev–Trinajstić information content (AvgIpc) is 2.73. The van der Waals surface area contributed by atoms with E-state index in [1.807, 2.05) is 0 Å². The Kier molecular flexibility index (Phi) is 12.5. The van der Waals surface area contributed by atoms with Crippen LogP contribution in [0.15, 0.2) is 30.3 Å². The third-order valence-corrected chi connectivity index (χ3v) is 5.05. The van der Waals surface area contributed by atoms with Crippen LogP contribution in [-0.2, 0) is 19.1 Å². The molecule has 0 fully saturated rings. The number of alkyl carbamates (subject to hydrolysis) is 1. The van der Waals surface area contributed by atoms with Crippen LogP contribution in [0.1, 0.15) is 52.5 Å². The fourth-order valence-electron chi connectivity index (χ4n) is 2.92. The van der Waals surface area contributed by atoms with E-state index in [2.05, 4.69) is 16.0 Å². The molecule has 0 aliphatic rings. The second-order valence-corrected chi connectivity index (χ2v) is 11.6. The van der Waals surface area contributed by atoms with E-state index < -0.39 is 45.2 Å². The molecule has 0 spiro atoms. The third kappa shape index (κ3) is 13.6. The number of benzene rings is 1. The minimum Gasteiger partial charge on any atom is -0.481 e. The molecule has 9 nitrogen and oxygen atoms in total. The molecule has 1 rings (SSSR count). The fourth-order valence-corrected chi connectivity index (χ4v) is 3.48. The van der Waals surface area contributed by atoms with Crippen molar-refractivity contribution in [1.29, 1.82) is 0 Å². The summed E-state index contributed by atoms with van der Waals surface area (Å²) in [5, 5.41) is 16.9. The maximum absolute atomic E-state index is 12.6. The van der Waals surface area contributed by atoms with E-state index in [4.69, 9.17) is 39.5 Å². The molecule has 2 unspecified atom stereocenters. The molecule has 36 heavy (non-hydrogen) atoms. The standard InChI is InChI=1S/C24H32Cl3N3O6/c1-15(29-19(31)14-28-22(35)36-23(2,3)4)20(32)30-18-12-8-7-10-16(18)9-5-6-11-17(21(33)34)13-24(25,26)27/h5,7-10,12,15,17H,6,11,13-14H2,1-4H3,(H,28,35)(H,29,31)(H,30,32)(H,33,34)/b9-5+. The first-order chi connectivity index (χ1) is 16.6. The van der Waals surface area contributed by atoms with E-state index in [9.17, 15) is 24.3 Å². The van der Waals surface area contributed by atoms with Crippen LogP contribution in [0.25, 0.3) is 6.08 Å². The highest BCUT2D eigenvalue weighted by Gasteiger charge is 2.29. The lowest BCUT2D eigenvalue weighted by atomic mass is 10.00. The van der Waals surface area contributed by atoms with E-state index in [0.717, 1.165) is 0 Å². The fraction of sp³-hybridized carbons (Fsp3) is 0.500. The van der Waals surface area contributed by atoms with Gasteiger partial charge in [-0.15, -0.1) is 0 Å². The van der Waals surface area contributed by atoms with Gasteiger partial charge in [0.15, 0.2) is 3.79 Å². The van der Waals surface area contributed by atoms with E-state index in [1.54, 1.807) is 57.2 Å². The van der Waals surface area contributed by atoms with Gasteiger partial charge in [0.05, 0.1) is 5.92 Å². The number of aliphatic carboxylic acids is 1. The molecule has 3 amide bonds. The number of carbonyl (C=O) groups excluding carboxylic acids is 3. The highest BCUT2D eigenvalue weighted by molar-refractivity contribution is 6.67. The first-order valence-electron chi connectivity index (χ1n) is 11.2. The molecular formula is C24H32Cl3N3O6. The Balaban J connectivity index is 2.64. The molecule has 0 saturated carbocycles. The summed E-state index contributed by atoms with van der Waals surface area (Å²) in [4.78, 5) is 47.7. The number of amides is 3. The number of para-hydroxylation sites is 1. The molecule has 1 aromatic rings. The van der Waals surface area contributed by atoms with Crippen molar-refractivity contribution in [1.82, 2.24) is 10.6 Å². The molecule has 0 bridgehead atoms. The van der Waals surface area contributed by atoms with Crippen LogP contribution in [0.3, 0.4) is 0 Å². The van der Waals surface area contributed by atoms with Crippen molar-refractivity contribution in [3.8, 4) is 0 Å². The van der Waals surface area contributed by atoms with Crippen LogP contribution < -0.4 is 16.0 Å². The van der Waals surface area contributed by atoms with E-state index in [1.165, 1.54) is 6.92 Å². The minimum absolute atomic E-state index is 0.107. The molecular weight excluding hydrogens is 533 g/mol. The largest absolute Gasteiger partial charge is 0.481 e. The normalized spacial score (nSPS) is 13.5. The number of ether oxygens (including phenoxy) is 1. The Hall–Kier alpha value is -2.49. The van der Waals surface area contributed by atoms with Crippen LogP contribution in [0.5, 0.6) is 0 Å². The highest BCUT2D eigenvalue weighted by Crippen LogP contribution is 2.35. The van der Waals surface area contributed by atoms with E-state index in [0.29, 0.717) is 17.7 Å². The second-order valence-electron chi connectivity index (χ2n) is 9.06. The number of anilines is 1. The van der Waals surface area contributed by atoms with Crippen molar-refractivity contribution in [2.75, 3.05) is 11.9 Å². The zero-order valence-corrected chi connectivity index (χ0v) is 22.8. The van der Waals surface area contributed by atoms with Gasteiger partial charge in [-0.25, -0.2) is 4.79 Å². The number of halogens is 3. The van der Waals surface area contributed by atoms with Gasteiger partial charge in [-0.3, -0.25) is 14.4 Å². The molecule has 1 aromatic carbocycles. The summed E-state index contributed by atoms with van der Waals surface area (Å²) in [5.41, 5.74) is 0.491. The van der Waals surface area contributed by atoms with Gasteiger partial charge in [-0.2, -0.15) is 0 Å². The van der Waals surface area contributed by atoms with Gasteiger partial charge in [-0.1, -0.05) is 65.2 Å². The molecule has 0 aromatic heterocycles. The van der Waals surface area contributed by atoms with Gasteiger partial charge in [-0.05, 0) is 52.2 Å². The third-order valence-electron chi connectivity index (χ3n) is 4.59. The van der Waals surface area contributed by atoms with Crippen LogP contribution in [0.2, 0.25) is 0 Å². The lowest BCUT2D eigenvalue weighted by molar-refractivity contribution is -0.142. The van der Waals surface area contributed by atoms with Crippen LogP contribution in [0, 0.1) is 5.92 Å². The maximum Gasteiger partial charge on any atom is 0.408 e. The number of hydrogen-bond donors (Lipinski definition) is 4. The summed E-state index contributed by atoms with van der Waals surface area (Å²) in [6.07, 6.45) is 3.36. The Bertz CT molecular complexity index is 957. The van der Waals surface area contributed by atoms with Gasteiger partial charge in [0.2, 0.25) is 11.8 Å². The number of allylic oxidation sites excluding steroid dienone is 1. The molecule has 0 radical (unpaired) electrons. The summed E-state index contributed by atoms with van der Waals surface area (Å²) >= 11 is 17.2. The van der Waals surface area contributed by atoms with Gasteiger partial charge in [0, 0.05) is 12.1 Å².